The highest BCUT2D eigenvalue weighted by atomic mass is 16.5. The first kappa shape index (κ1) is 16.8. The van der Waals surface area contributed by atoms with Gasteiger partial charge in [0.15, 0.2) is 11.5 Å². The largest absolute Gasteiger partial charge is 0.489 e. The van der Waals surface area contributed by atoms with E-state index in [1.807, 2.05) is 30.3 Å². The Morgan fingerprint density at radius 2 is 1.56 bits per heavy atom. The van der Waals surface area contributed by atoms with E-state index in [2.05, 4.69) is 0 Å². The molecule has 0 saturated carbocycles. The lowest BCUT2D eigenvalue weighted by Crippen LogP contribution is -2.09. The summed E-state index contributed by atoms with van der Waals surface area (Å²) in [4.78, 5) is 21.4. The van der Waals surface area contributed by atoms with Crippen LogP contribution in [0.4, 0.5) is 0 Å². The van der Waals surface area contributed by atoms with Gasteiger partial charge in [-0.05, 0) is 22.8 Å². The van der Waals surface area contributed by atoms with Crippen molar-refractivity contribution in [1.82, 2.24) is 0 Å². The minimum Gasteiger partial charge on any atom is -0.489 e. The third-order valence-corrected chi connectivity index (χ3v) is 4.03. The van der Waals surface area contributed by atoms with Gasteiger partial charge in [0.1, 0.15) is 0 Å². The molecule has 0 heterocycles. The molecule has 0 fully saturated rings. The highest BCUT2D eigenvalue weighted by molar-refractivity contribution is 5.80. The molecule has 0 atom stereocenters. The lowest BCUT2D eigenvalue weighted by molar-refractivity contribution is -0.138. The number of carboxylic acids is 2. The number of fused-ring (bicyclic) bond motifs is 3. The van der Waals surface area contributed by atoms with E-state index in [0.29, 0.717) is 17.9 Å². The molecule has 0 radical (unpaired) electrons. The number of benzene rings is 2. The summed E-state index contributed by atoms with van der Waals surface area (Å²) in [5.41, 5.74) is 4.27. The summed E-state index contributed by atoms with van der Waals surface area (Å²) in [5, 5.41) is 17.6. The van der Waals surface area contributed by atoms with E-state index in [4.69, 9.17) is 19.7 Å². The molecule has 0 bridgehead atoms. The average Bonchev–Trinajstić information content (AvgIpc) is 2.94. The Bertz CT molecular complexity index is 812. The van der Waals surface area contributed by atoms with Crippen molar-refractivity contribution >= 4 is 11.9 Å². The first-order valence-corrected chi connectivity index (χ1v) is 7.99. The van der Waals surface area contributed by atoms with Crippen LogP contribution in [-0.2, 0) is 16.0 Å². The Kier molecular flexibility index (Phi) is 4.88. The molecule has 1 aliphatic rings. The first-order valence-electron chi connectivity index (χ1n) is 7.99. The van der Waals surface area contributed by atoms with Gasteiger partial charge in [-0.2, -0.15) is 0 Å². The van der Waals surface area contributed by atoms with Crippen molar-refractivity contribution < 1.29 is 29.3 Å². The zero-order valence-corrected chi connectivity index (χ0v) is 13.5. The zero-order valence-electron chi connectivity index (χ0n) is 13.5. The van der Waals surface area contributed by atoms with Crippen LogP contribution in [0.3, 0.4) is 0 Å². The molecule has 6 nitrogen and oxygen atoms in total. The highest BCUT2D eigenvalue weighted by Crippen LogP contribution is 2.45. The summed E-state index contributed by atoms with van der Waals surface area (Å²) in [6, 6.07) is 11.7. The lowest BCUT2D eigenvalue weighted by atomic mass is 10.1. The summed E-state index contributed by atoms with van der Waals surface area (Å²) in [7, 11) is 0. The van der Waals surface area contributed by atoms with Gasteiger partial charge < -0.3 is 19.7 Å². The second-order valence-corrected chi connectivity index (χ2v) is 5.74. The van der Waals surface area contributed by atoms with Crippen molar-refractivity contribution in [2.45, 2.75) is 19.3 Å². The smallest absolute Gasteiger partial charge is 0.306 e. The maximum absolute atomic E-state index is 10.8. The molecule has 0 unspecified atom stereocenters. The number of carbonyl (C=O) groups is 2. The topological polar surface area (TPSA) is 93.1 Å². The molecule has 25 heavy (non-hydrogen) atoms. The number of rotatable bonds is 8. The van der Waals surface area contributed by atoms with Crippen molar-refractivity contribution in [3.8, 4) is 22.6 Å². The van der Waals surface area contributed by atoms with Crippen LogP contribution >= 0.6 is 0 Å². The van der Waals surface area contributed by atoms with Gasteiger partial charge in [-0.15, -0.1) is 0 Å². The fourth-order valence-corrected chi connectivity index (χ4v) is 2.92. The molecule has 1 aliphatic carbocycles. The van der Waals surface area contributed by atoms with Crippen LogP contribution in [-0.4, -0.2) is 35.4 Å². The van der Waals surface area contributed by atoms with E-state index in [1.165, 1.54) is 5.56 Å². The van der Waals surface area contributed by atoms with Crippen LogP contribution in [0.2, 0.25) is 0 Å². The molecule has 2 N–H and O–H groups in total. The first-order chi connectivity index (χ1) is 12.1. The number of aliphatic carboxylic acids is 2. The quantitative estimate of drug-likeness (QED) is 0.654. The highest BCUT2D eigenvalue weighted by Gasteiger charge is 2.24. The molecule has 2 aromatic rings. The molecule has 130 valence electrons. The minimum absolute atomic E-state index is 0.0242. The van der Waals surface area contributed by atoms with E-state index in [-0.39, 0.29) is 26.1 Å². The van der Waals surface area contributed by atoms with Gasteiger partial charge >= 0.3 is 11.9 Å². The normalized spacial score (nSPS) is 11.5. The Morgan fingerprint density at radius 1 is 0.880 bits per heavy atom. The van der Waals surface area contributed by atoms with Crippen molar-refractivity contribution in [2.24, 2.45) is 0 Å². The molecule has 0 amide bonds. The molecule has 0 aliphatic heterocycles. The zero-order chi connectivity index (χ0) is 17.8. The van der Waals surface area contributed by atoms with Crippen LogP contribution in [0.5, 0.6) is 11.5 Å². The molecule has 3 rings (SSSR count). The lowest BCUT2D eigenvalue weighted by Gasteiger charge is -2.16. The van der Waals surface area contributed by atoms with Crippen LogP contribution in [0, 0.1) is 0 Å². The summed E-state index contributed by atoms with van der Waals surface area (Å²) in [6.07, 6.45) is 0.432. The van der Waals surface area contributed by atoms with Gasteiger partial charge in [0.25, 0.3) is 0 Å². The van der Waals surface area contributed by atoms with Crippen LogP contribution < -0.4 is 9.47 Å². The van der Waals surface area contributed by atoms with E-state index in [0.717, 1.165) is 16.7 Å². The molecule has 0 spiro atoms. The number of hydrogen-bond acceptors (Lipinski definition) is 4. The fraction of sp³-hybridized carbons (Fsp3) is 0.263. The van der Waals surface area contributed by atoms with Gasteiger partial charge in [0.05, 0.1) is 26.1 Å². The molecule has 6 heteroatoms. The van der Waals surface area contributed by atoms with Gasteiger partial charge in [-0.3, -0.25) is 9.59 Å². The summed E-state index contributed by atoms with van der Waals surface area (Å²) in [6.45, 7) is 0.0494. The Labute approximate surface area is 144 Å². The summed E-state index contributed by atoms with van der Waals surface area (Å²) in [5.74, 6) is -0.940. The van der Waals surface area contributed by atoms with Crippen LogP contribution in [0.25, 0.3) is 11.1 Å². The Morgan fingerprint density at radius 3 is 2.28 bits per heavy atom. The molecule has 0 saturated heterocycles. The van der Waals surface area contributed by atoms with Crippen molar-refractivity contribution in [3.63, 3.8) is 0 Å². The number of hydrogen-bond donors (Lipinski definition) is 2. The maximum atomic E-state index is 10.8. The number of ether oxygens (including phenoxy) is 2. The van der Waals surface area contributed by atoms with Gasteiger partial charge in [-0.25, -0.2) is 0 Å². The van der Waals surface area contributed by atoms with Crippen LogP contribution in [0.15, 0.2) is 36.4 Å². The van der Waals surface area contributed by atoms with E-state index in [1.54, 1.807) is 6.07 Å². The third-order valence-electron chi connectivity index (χ3n) is 4.03. The van der Waals surface area contributed by atoms with Gasteiger partial charge in [0.2, 0.25) is 0 Å². The summed E-state index contributed by atoms with van der Waals surface area (Å²) < 4.78 is 11.3. The molecule has 2 aromatic carbocycles. The van der Waals surface area contributed by atoms with E-state index < -0.39 is 11.9 Å². The van der Waals surface area contributed by atoms with Crippen molar-refractivity contribution in [3.05, 3.63) is 47.5 Å². The average molecular weight is 342 g/mol. The standard InChI is InChI=1S/C19H18O6/c20-17(21)7-9-24-16-6-5-14-13-4-2-1-3-12(13)11-15(14)19(16)25-10-8-18(22)23/h1-6H,7-11H2,(H,20,21)(H,22,23). The minimum atomic E-state index is -0.943. The molecule has 0 aromatic heterocycles. The van der Waals surface area contributed by atoms with Gasteiger partial charge in [-0.1, -0.05) is 30.3 Å². The predicted octanol–water partition coefficient (Wildman–Crippen LogP) is 2.96. The van der Waals surface area contributed by atoms with E-state index in [9.17, 15) is 9.59 Å². The molecular weight excluding hydrogens is 324 g/mol. The van der Waals surface area contributed by atoms with Gasteiger partial charge in [0, 0.05) is 12.0 Å². The fourth-order valence-electron chi connectivity index (χ4n) is 2.92. The predicted molar refractivity (Wildman–Crippen MR) is 90.2 cm³/mol. The Balaban J connectivity index is 1.89. The van der Waals surface area contributed by atoms with E-state index >= 15 is 0 Å². The monoisotopic (exact) mass is 342 g/mol. The second-order valence-electron chi connectivity index (χ2n) is 5.74. The molecular formula is C19H18O6. The third kappa shape index (κ3) is 3.74. The second kappa shape index (κ2) is 7.25. The number of carboxylic acid groups (broad SMARTS) is 2. The Hall–Kier alpha value is -3.02. The van der Waals surface area contributed by atoms with Crippen molar-refractivity contribution in [1.29, 1.82) is 0 Å². The van der Waals surface area contributed by atoms with Crippen LogP contribution in [0.1, 0.15) is 24.0 Å². The summed E-state index contributed by atoms with van der Waals surface area (Å²) >= 11 is 0. The SMILES string of the molecule is O=C(O)CCOc1ccc2c(c1OCCC(=O)O)Cc1ccccc1-2. The maximum Gasteiger partial charge on any atom is 0.306 e. The van der Waals surface area contributed by atoms with Crippen molar-refractivity contribution in [2.75, 3.05) is 13.2 Å².